The van der Waals surface area contributed by atoms with Crippen molar-refractivity contribution in [3.63, 3.8) is 0 Å². The van der Waals surface area contributed by atoms with Crippen LogP contribution in [-0.2, 0) is 11.3 Å². The van der Waals surface area contributed by atoms with Crippen LogP contribution in [0.3, 0.4) is 0 Å². The number of aryl methyl sites for hydroxylation is 3. The standard InChI is InChI=1S/C21H26ClN3O/c1-6-24(5)13-23-20-10-17(4)21(11-19(20)22)25(14-26)12-18-9-15(2)7-8-16(18)3/h7-11,13-14H,6,12H2,1-5H3. The summed E-state index contributed by atoms with van der Waals surface area (Å²) >= 11 is 6.41. The molecule has 0 aliphatic carbocycles. The van der Waals surface area contributed by atoms with Gasteiger partial charge in [0.15, 0.2) is 0 Å². The zero-order valence-electron chi connectivity index (χ0n) is 16.1. The fourth-order valence-corrected chi connectivity index (χ4v) is 2.85. The highest BCUT2D eigenvalue weighted by atomic mass is 35.5. The number of carbonyl (C=O) groups is 1. The number of aliphatic imine (C=N–C) groups is 1. The number of anilines is 1. The molecule has 0 spiro atoms. The molecule has 1 amide bonds. The van der Waals surface area contributed by atoms with Gasteiger partial charge in [-0.2, -0.15) is 0 Å². The molecule has 0 radical (unpaired) electrons. The minimum absolute atomic E-state index is 0.509. The van der Waals surface area contributed by atoms with E-state index in [1.54, 1.807) is 11.2 Å². The van der Waals surface area contributed by atoms with Crippen molar-refractivity contribution in [2.24, 2.45) is 4.99 Å². The van der Waals surface area contributed by atoms with Crippen LogP contribution >= 0.6 is 11.6 Å². The van der Waals surface area contributed by atoms with Crippen molar-refractivity contribution < 1.29 is 4.79 Å². The molecule has 0 bridgehead atoms. The molecule has 26 heavy (non-hydrogen) atoms. The first-order valence-electron chi connectivity index (χ1n) is 8.68. The van der Waals surface area contributed by atoms with Crippen LogP contribution in [0.25, 0.3) is 0 Å². The summed E-state index contributed by atoms with van der Waals surface area (Å²) in [6.07, 6.45) is 2.61. The van der Waals surface area contributed by atoms with Gasteiger partial charge in [0.05, 0.1) is 23.6 Å². The van der Waals surface area contributed by atoms with E-state index in [1.807, 2.05) is 31.0 Å². The molecule has 0 N–H and O–H groups in total. The lowest BCUT2D eigenvalue weighted by molar-refractivity contribution is -0.107. The zero-order chi connectivity index (χ0) is 19.3. The first-order chi connectivity index (χ1) is 12.3. The van der Waals surface area contributed by atoms with Crippen LogP contribution < -0.4 is 4.90 Å². The number of halogens is 1. The Kier molecular flexibility index (Phi) is 6.81. The van der Waals surface area contributed by atoms with E-state index < -0.39 is 0 Å². The molecule has 5 heteroatoms. The molecule has 0 aliphatic rings. The van der Waals surface area contributed by atoms with E-state index in [9.17, 15) is 4.79 Å². The topological polar surface area (TPSA) is 35.9 Å². The van der Waals surface area contributed by atoms with Crippen molar-refractivity contribution >= 4 is 35.7 Å². The summed E-state index contributed by atoms with van der Waals surface area (Å²) in [6.45, 7) is 9.50. The number of hydrogen-bond acceptors (Lipinski definition) is 2. The van der Waals surface area contributed by atoms with Crippen LogP contribution in [0.4, 0.5) is 11.4 Å². The summed E-state index contributed by atoms with van der Waals surface area (Å²) in [5.74, 6) is 0. The van der Waals surface area contributed by atoms with E-state index in [4.69, 9.17) is 11.6 Å². The second-order valence-electron chi connectivity index (χ2n) is 6.57. The summed E-state index contributed by atoms with van der Waals surface area (Å²) in [4.78, 5) is 19.8. The van der Waals surface area contributed by atoms with Gasteiger partial charge in [-0.25, -0.2) is 4.99 Å². The lowest BCUT2D eigenvalue weighted by atomic mass is 10.0. The minimum Gasteiger partial charge on any atom is -0.366 e. The molecule has 2 rings (SSSR count). The van der Waals surface area contributed by atoms with Gasteiger partial charge in [0, 0.05) is 19.3 Å². The van der Waals surface area contributed by atoms with E-state index in [0.717, 1.165) is 35.3 Å². The molecule has 2 aromatic carbocycles. The number of hydrogen-bond donors (Lipinski definition) is 0. The van der Waals surface area contributed by atoms with Gasteiger partial charge in [0.2, 0.25) is 6.41 Å². The average Bonchev–Trinajstić information content (AvgIpc) is 2.62. The van der Waals surface area contributed by atoms with Crippen LogP contribution in [0, 0.1) is 20.8 Å². The van der Waals surface area contributed by atoms with Gasteiger partial charge in [-0.15, -0.1) is 0 Å². The molecule has 0 saturated carbocycles. The van der Waals surface area contributed by atoms with Gasteiger partial charge in [-0.05, 0) is 56.5 Å². The Morgan fingerprint density at radius 3 is 2.50 bits per heavy atom. The van der Waals surface area contributed by atoms with Gasteiger partial charge in [0.1, 0.15) is 0 Å². The third-order valence-electron chi connectivity index (χ3n) is 4.44. The molecule has 0 atom stereocenters. The van der Waals surface area contributed by atoms with Crippen LogP contribution in [0.15, 0.2) is 35.3 Å². The molecule has 4 nitrogen and oxygen atoms in total. The van der Waals surface area contributed by atoms with Crippen molar-refractivity contribution in [3.8, 4) is 0 Å². The second kappa shape index (κ2) is 8.86. The van der Waals surface area contributed by atoms with Gasteiger partial charge >= 0.3 is 0 Å². The number of rotatable bonds is 7. The monoisotopic (exact) mass is 371 g/mol. The average molecular weight is 372 g/mol. The van der Waals surface area contributed by atoms with Crippen LogP contribution in [0.1, 0.15) is 29.2 Å². The molecule has 0 aromatic heterocycles. The Hall–Kier alpha value is -2.33. The molecule has 2 aromatic rings. The Morgan fingerprint density at radius 2 is 1.85 bits per heavy atom. The summed E-state index contributed by atoms with van der Waals surface area (Å²) in [5.41, 5.74) is 5.92. The molecular formula is C21H26ClN3O. The highest BCUT2D eigenvalue weighted by molar-refractivity contribution is 6.33. The first-order valence-corrected chi connectivity index (χ1v) is 9.06. The van der Waals surface area contributed by atoms with Crippen molar-refractivity contribution in [3.05, 3.63) is 57.6 Å². The second-order valence-corrected chi connectivity index (χ2v) is 6.98. The van der Waals surface area contributed by atoms with Gasteiger partial charge in [-0.1, -0.05) is 35.4 Å². The number of benzene rings is 2. The SMILES string of the molecule is CCN(C)C=Nc1cc(C)c(N(C=O)Cc2cc(C)ccc2C)cc1Cl. The van der Waals surface area contributed by atoms with Crippen molar-refractivity contribution in [2.45, 2.75) is 34.2 Å². The van der Waals surface area contributed by atoms with Crippen molar-refractivity contribution in [2.75, 3.05) is 18.5 Å². The molecule has 0 fully saturated rings. The molecular weight excluding hydrogens is 346 g/mol. The summed E-state index contributed by atoms with van der Waals surface area (Å²) < 4.78 is 0. The Labute approximate surface area is 161 Å². The largest absolute Gasteiger partial charge is 0.366 e. The smallest absolute Gasteiger partial charge is 0.214 e. The molecule has 0 aliphatic heterocycles. The fraction of sp³-hybridized carbons (Fsp3) is 0.333. The van der Waals surface area contributed by atoms with Gasteiger partial charge in [0.25, 0.3) is 0 Å². The first kappa shape index (κ1) is 20.0. The predicted octanol–water partition coefficient (Wildman–Crippen LogP) is 5.04. The summed E-state index contributed by atoms with van der Waals surface area (Å²) in [5, 5.41) is 0.527. The normalized spacial score (nSPS) is 11.0. The Bertz CT molecular complexity index is 817. The summed E-state index contributed by atoms with van der Waals surface area (Å²) in [7, 11) is 1.96. The number of nitrogens with zero attached hydrogens (tertiary/aromatic N) is 3. The van der Waals surface area contributed by atoms with Gasteiger partial charge < -0.3 is 9.80 Å². The zero-order valence-corrected chi connectivity index (χ0v) is 16.8. The van der Waals surface area contributed by atoms with E-state index in [-0.39, 0.29) is 0 Å². The quantitative estimate of drug-likeness (QED) is 0.388. The maximum atomic E-state index is 11.8. The Balaban J connectivity index is 2.33. The van der Waals surface area contributed by atoms with E-state index in [0.29, 0.717) is 17.3 Å². The third kappa shape index (κ3) is 4.85. The van der Waals surface area contributed by atoms with Crippen LogP contribution in [0.5, 0.6) is 0 Å². The maximum absolute atomic E-state index is 11.8. The molecule has 0 saturated heterocycles. The molecule has 138 valence electrons. The fourth-order valence-electron chi connectivity index (χ4n) is 2.64. The van der Waals surface area contributed by atoms with Crippen molar-refractivity contribution in [1.29, 1.82) is 0 Å². The Morgan fingerprint density at radius 1 is 1.12 bits per heavy atom. The number of carbonyl (C=O) groups excluding carboxylic acids is 1. The summed E-state index contributed by atoms with van der Waals surface area (Å²) in [6, 6.07) is 10.00. The van der Waals surface area contributed by atoms with Crippen LogP contribution in [0.2, 0.25) is 5.02 Å². The van der Waals surface area contributed by atoms with E-state index >= 15 is 0 Å². The molecule has 0 heterocycles. The van der Waals surface area contributed by atoms with E-state index in [2.05, 4.69) is 44.0 Å². The van der Waals surface area contributed by atoms with Crippen molar-refractivity contribution in [1.82, 2.24) is 4.90 Å². The number of amides is 1. The van der Waals surface area contributed by atoms with E-state index in [1.165, 1.54) is 5.56 Å². The third-order valence-corrected chi connectivity index (χ3v) is 4.74. The lowest BCUT2D eigenvalue weighted by Gasteiger charge is -2.22. The maximum Gasteiger partial charge on any atom is 0.214 e. The predicted molar refractivity (Wildman–Crippen MR) is 111 cm³/mol. The highest BCUT2D eigenvalue weighted by Crippen LogP contribution is 2.33. The lowest BCUT2D eigenvalue weighted by Crippen LogP contribution is -2.22. The minimum atomic E-state index is 0.509. The van der Waals surface area contributed by atoms with Gasteiger partial charge in [-0.3, -0.25) is 4.79 Å². The van der Waals surface area contributed by atoms with Crippen LogP contribution in [-0.4, -0.2) is 31.2 Å². The molecule has 0 unspecified atom stereocenters. The highest BCUT2D eigenvalue weighted by Gasteiger charge is 2.14.